The highest BCUT2D eigenvalue weighted by molar-refractivity contribution is 5.00. The van der Waals surface area contributed by atoms with E-state index in [1.807, 2.05) is 0 Å². The van der Waals surface area contributed by atoms with Crippen LogP contribution in [0.2, 0.25) is 0 Å². The van der Waals surface area contributed by atoms with Crippen molar-refractivity contribution in [1.29, 1.82) is 0 Å². The Hall–Kier alpha value is -1.44. The first-order valence-corrected chi connectivity index (χ1v) is 24.7. The largest absolute Gasteiger partial charge is 0.394 e. The molecule has 0 aromatic rings. The summed E-state index contributed by atoms with van der Waals surface area (Å²) in [5.41, 5.74) is 0. The van der Waals surface area contributed by atoms with Crippen molar-refractivity contribution in [2.75, 3.05) is 46.2 Å². The summed E-state index contributed by atoms with van der Waals surface area (Å²) in [7, 11) is 0. The minimum atomic E-state index is -2.22. The molecule has 0 aromatic heterocycles. The van der Waals surface area contributed by atoms with Crippen LogP contribution >= 0.6 is 0 Å². The highest BCUT2D eigenvalue weighted by Crippen LogP contribution is 2.37. The van der Waals surface area contributed by atoms with Crippen LogP contribution in [-0.4, -0.2) is 379 Å². The van der Waals surface area contributed by atoms with Gasteiger partial charge in [0.25, 0.3) is 0 Å². The maximum atomic E-state index is 11.3. The van der Waals surface area contributed by atoms with Crippen LogP contribution in [0.4, 0.5) is 0 Å². The summed E-state index contributed by atoms with van der Waals surface area (Å²) in [5.74, 6) is 0. The van der Waals surface area contributed by atoms with Crippen molar-refractivity contribution in [1.82, 2.24) is 0 Å². The van der Waals surface area contributed by atoms with Crippen molar-refractivity contribution in [3.63, 3.8) is 0 Å². The molecule has 23 N–H and O–H groups in total. The van der Waals surface area contributed by atoms with Crippen molar-refractivity contribution in [2.24, 2.45) is 0 Å². The molecule has 0 amide bonds. The molecule has 36 heteroatoms. The zero-order valence-corrected chi connectivity index (χ0v) is 40.8. The van der Waals surface area contributed by atoms with Crippen LogP contribution in [0.5, 0.6) is 0 Å². The van der Waals surface area contributed by atoms with Gasteiger partial charge >= 0.3 is 0 Å². The van der Waals surface area contributed by atoms with E-state index in [9.17, 15) is 117 Å². The summed E-state index contributed by atoms with van der Waals surface area (Å²) in [6.07, 6.45) is -66.8. The summed E-state index contributed by atoms with van der Waals surface area (Å²) in [6.45, 7) is -6.63. The van der Waals surface area contributed by atoms with Gasteiger partial charge < -0.3 is 179 Å². The van der Waals surface area contributed by atoms with Gasteiger partial charge in [0.05, 0.1) is 46.2 Å². The second kappa shape index (κ2) is 27.5. The number of aliphatic hydroxyl groups excluding tert-OH is 23. The van der Waals surface area contributed by atoms with Crippen LogP contribution in [-0.2, 0) is 61.6 Å². The first-order chi connectivity index (χ1) is 37.0. The van der Waals surface area contributed by atoms with Crippen LogP contribution in [0.1, 0.15) is 0 Å². The van der Waals surface area contributed by atoms with E-state index in [1.54, 1.807) is 0 Å². The quantitative estimate of drug-likeness (QED) is 0.0571. The molecule has 7 rings (SSSR count). The van der Waals surface area contributed by atoms with Gasteiger partial charge in [0.15, 0.2) is 44.0 Å². The van der Waals surface area contributed by atoms with Gasteiger partial charge in [-0.2, -0.15) is 0 Å². The lowest BCUT2D eigenvalue weighted by molar-refractivity contribution is -0.396. The molecule has 1 unspecified atom stereocenters. The molecular weight excluding hydrogens is 1080 g/mol. The van der Waals surface area contributed by atoms with Crippen molar-refractivity contribution in [2.45, 2.75) is 215 Å². The predicted molar refractivity (Wildman–Crippen MR) is 232 cm³/mol. The maximum absolute atomic E-state index is 11.3. The molecule has 36 nitrogen and oxygen atoms in total. The Morgan fingerprint density at radius 3 is 0.744 bits per heavy atom. The van der Waals surface area contributed by atoms with Crippen molar-refractivity contribution < 1.29 is 179 Å². The van der Waals surface area contributed by atoms with E-state index in [2.05, 4.69) is 0 Å². The fourth-order valence-corrected chi connectivity index (χ4v) is 9.90. The second-order valence-corrected chi connectivity index (χ2v) is 19.6. The van der Waals surface area contributed by atoms with Crippen LogP contribution in [0, 0.1) is 0 Å². The molecule has 0 saturated carbocycles. The summed E-state index contributed by atoms with van der Waals surface area (Å²) in [6, 6.07) is 0. The third-order valence-corrected chi connectivity index (χ3v) is 14.5. The number of hydrogen-bond donors (Lipinski definition) is 23. The summed E-state index contributed by atoms with van der Waals surface area (Å²) in [4.78, 5) is 0. The molecule has 0 aliphatic carbocycles. The molecule has 7 fully saturated rings. The van der Waals surface area contributed by atoms with Gasteiger partial charge in [0, 0.05) is 0 Å². The molecule has 0 bridgehead atoms. The maximum Gasteiger partial charge on any atom is 0.187 e. The molecule has 0 aromatic carbocycles. The lowest BCUT2D eigenvalue weighted by atomic mass is 9.95. The second-order valence-electron chi connectivity index (χ2n) is 19.6. The lowest BCUT2D eigenvalue weighted by Gasteiger charge is -2.50. The molecule has 7 saturated heterocycles. The minimum absolute atomic E-state index is 0.708. The summed E-state index contributed by atoms with van der Waals surface area (Å²) in [5, 5.41) is 242. The van der Waals surface area contributed by atoms with Crippen LogP contribution in [0.3, 0.4) is 0 Å². The fraction of sp³-hybridized carbons (Fsp3) is 1.00. The van der Waals surface area contributed by atoms with Crippen molar-refractivity contribution in [3.8, 4) is 0 Å². The predicted octanol–water partition coefficient (Wildman–Crippen LogP) is -16.3. The lowest BCUT2D eigenvalue weighted by Crippen LogP contribution is -2.68. The number of aliphatic hydroxyl groups is 23. The van der Waals surface area contributed by atoms with Gasteiger partial charge in [0.2, 0.25) is 0 Å². The standard InChI is InChI=1S/C42H72O36/c43-1-8-15(49)18(52)25(59)38(68-8)74-32-10(3-45)70-40(27(61)20(32)54)76-34-12(5-47)72-42(29(63)22(34)56)78-35-13(6-48)73-41(30(64)23(35)57)77-33-11(4-46)71-39(28(62)21(33)55)75-31-9(2-44)69-37(26(60)19(31)53)66-7-14-16(50)17(51)24(58)36(65)67-14/h8-65H,1-7H2/t8-,9-,10-,11-,12-,13-,14-,15-,16-,17+,18+,19-,20-,21-,22-,23-,24-,25-,26-,27-,28-,29-,30-,31-,32-,33-,34-,35-,36?,37+,38-,39-,40-,41-,42-/m1/s1. The zero-order chi connectivity index (χ0) is 57.3. The van der Waals surface area contributed by atoms with E-state index < -0.39 is 261 Å². The van der Waals surface area contributed by atoms with E-state index in [-0.39, 0.29) is 0 Å². The van der Waals surface area contributed by atoms with Crippen molar-refractivity contribution in [3.05, 3.63) is 0 Å². The van der Waals surface area contributed by atoms with Crippen LogP contribution < -0.4 is 0 Å². The van der Waals surface area contributed by atoms with E-state index in [4.69, 9.17) is 61.6 Å². The Kier molecular flexibility index (Phi) is 22.6. The average molecular weight is 1150 g/mol. The van der Waals surface area contributed by atoms with E-state index in [1.165, 1.54) is 0 Å². The highest BCUT2D eigenvalue weighted by Gasteiger charge is 2.58. The topological polar surface area (TPSA) is 585 Å². The molecule has 7 heterocycles. The number of hydrogen-bond acceptors (Lipinski definition) is 36. The molecule has 0 spiro atoms. The third kappa shape index (κ3) is 13.1. The highest BCUT2D eigenvalue weighted by atomic mass is 16.8. The fourth-order valence-electron chi connectivity index (χ4n) is 9.90. The monoisotopic (exact) mass is 1150 g/mol. The first kappa shape index (κ1) is 64.1. The zero-order valence-electron chi connectivity index (χ0n) is 40.8. The first-order valence-electron chi connectivity index (χ1n) is 24.7. The molecular formula is C42H72O36. The summed E-state index contributed by atoms with van der Waals surface area (Å²) < 4.78 is 71.8. The van der Waals surface area contributed by atoms with Crippen LogP contribution in [0.25, 0.3) is 0 Å². The Balaban J connectivity index is 0.935. The average Bonchev–Trinajstić information content (AvgIpc) is 3.55. The molecule has 78 heavy (non-hydrogen) atoms. The van der Waals surface area contributed by atoms with Gasteiger partial charge in [-0.05, 0) is 0 Å². The smallest absolute Gasteiger partial charge is 0.187 e. The Labute approximate surface area is 439 Å². The Morgan fingerprint density at radius 2 is 0.449 bits per heavy atom. The van der Waals surface area contributed by atoms with Gasteiger partial charge in [-0.3, -0.25) is 0 Å². The molecule has 35 atom stereocenters. The van der Waals surface area contributed by atoms with Gasteiger partial charge in [-0.1, -0.05) is 0 Å². The number of ether oxygens (including phenoxy) is 13. The molecule has 7 aliphatic rings. The van der Waals surface area contributed by atoms with Crippen molar-refractivity contribution >= 4 is 0 Å². The summed E-state index contributed by atoms with van der Waals surface area (Å²) >= 11 is 0. The normalized spacial score (nSPS) is 53.5. The third-order valence-electron chi connectivity index (χ3n) is 14.5. The van der Waals surface area contributed by atoms with E-state index in [0.29, 0.717) is 0 Å². The Morgan fingerprint density at radius 1 is 0.218 bits per heavy atom. The molecule has 7 aliphatic heterocycles. The van der Waals surface area contributed by atoms with E-state index in [0.717, 1.165) is 0 Å². The minimum Gasteiger partial charge on any atom is -0.394 e. The number of rotatable bonds is 19. The molecule has 456 valence electrons. The molecule has 0 radical (unpaired) electrons. The van der Waals surface area contributed by atoms with Gasteiger partial charge in [0.1, 0.15) is 171 Å². The Bertz CT molecular complexity index is 1810. The SMILES string of the molecule is OC[C@H]1O[C@H](O[C@H]2[C@H](O)[C@@H](O)[C@@H](O[C@H]3[C@H](O)[C@@H](O)[C@@H](O[C@H]4[C@H](O)[C@@H](O)[C@@H](O[C@H]5[C@H](O)[C@@H](O)[C@@H](O[C@H]6[C@H](O)[C@@H](O)[C@@H](OC[C@H]7OC(O)[C@H](O)[C@@H](O)[C@@H]7O)O[C@@H]6CO)O[C@@H]5CO)O[C@@H]4CO)O[C@@H]3CO)O[C@@H]2CO)[C@H](O)[C@@H](O)[C@@H]1O. The van der Waals surface area contributed by atoms with Crippen LogP contribution in [0.15, 0.2) is 0 Å². The van der Waals surface area contributed by atoms with E-state index >= 15 is 0 Å². The van der Waals surface area contributed by atoms with Gasteiger partial charge in [-0.15, -0.1) is 0 Å². The van der Waals surface area contributed by atoms with Gasteiger partial charge in [-0.25, -0.2) is 0 Å².